The predicted molar refractivity (Wildman–Crippen MR) is 89.9 cm³/mol. The summed E-state index contributed by atoms with van der Waals surface area (Å²) in [7, 11) is 0. The highest BCUT2D eigenvalue weighted by molar-refractivity contribution is 6.44. The van der Waals surface area contributed by atoms with Crippen molar-refractivity contribution in [2.24, 2.45) is 0 Å². The number of carbonyl (C=O) groups excluding carboxylic acids is 1. The predicted octanol–water partition coefficient (Wildman–Crippen LogP) is 5.87. The van der Waals surface area contributed by atoms with Crippen LogP contribution in [0.4, 0.5) is 5.69 Å². The summed E-state index contributed by atoms with van der Waals surface area (Å²) >= 11 is 23.8. The van der Waals surface area contributed by atoms with Crippen molar-refractivity contribution in [3.8, 4) is 0 Å². The van der Waals surface area contributed by atoms with Gasteiger partial charge < -0.3 is 5.32 Å². The molecule has 0 aliphatic heterocycles. The van der Waals surface area contributed by atoms with Crippen molar-refractivity contribution >= 4 is 58.0 Å². The lowest BCUT2D eigenvalue weighted by Crippen LogP contribution is -2.12. The van der Waals surface area contributed by atoms with Crippen LogP contribution in [0.2, 0.25) is 20.1 Å². The minimum absolute atomic E-state index is 0.162. The molecule has 0 aliphatic rings. The summed E-state index contributed by atoms with van der Waals surface area (Å²) in [6.45, 7) is 0. The highest BCUT2D eigenvalue weighted by Gasteiger charge is 2.09. The van der Waals surface area contributed by atoms with Gasteiger partial charge in [-0.2, -0.15) is 0 Å². The molecule has 0 atom stereocenters. The normalized spacial score (nSPS) is 10.5. The number of hydrogen-bond acceptors (Lipinski definition) is 1. The van der Waals surface area contributed by atoms with Crippen LogP contribution >= 0.6 is 46.4 Å². The second kappa shape index (κ2) is 7.37. The Labute approximate surface area is 143 Å². The van der Waals surface area contributed by atoms with E-state index in [2.05, 4.69) is 5.32 Å². The highest BCUT2D eigenvalue weighted by Crippen LogP contribution is 2.29. The fourth-order valence-corrected chi connectivity index (χ4v) is 2.64. The summed E-state index contributed by atoms with van der Waals surface area (Å²) in [5, 5.41) is 4.58. The van der Waals surface area contributed by atoms with Crippen LogP contribution in [0.3, 0.4) is 0 Å². The molecule has 6 heteroatoms. The Hall–Kier alpha value is -0.930. The van der Waals surface area contributed by atoms with Gasteiger partial charge in [0.1, 0.15) is 0 Å². The van der Waals surface area contributed by atoms with E-state index in [4.69, 9.17) is 46.4 Å². The lowest BCUT2D eigenvalue weighted by molar-refractivity contribution is -0.116. The number of amides is 1. The third kappa shape index (κ3) is 4.52. The zero-order chi connectivity index (χ0) is 15.4. The van der Waals surface area contributed by atoms with E-state index in [9.17, 15) is 4.79 Å². The largest absolute Gasteiger partial charge is 0.325 e. The number of hydrogen-bond donors (Lipinski definition) is 1. The molecule has 2 nitrogen and oxygen atoms in total. The van der Waals surface area contributed by atoms with Crippen LogP contribution < -0.4 is 5.32 Å². The summed E-state index contributed by atoms with van der Waals surface area (Å²) in [5.41, 5.74) is 1.37. The lowest BCUT2D eigenvalue weighted by Gasteiger charge is -2.09. The molecule has 2 aromatic carbocycles. The summed E-state index contributed by atoms with van der Waals surface area (Å²) in [4.78, 5) is 11.9. The van der Waals surface area contributed by atoms with Gasteiger partial charge >= 0.3 is 0 Å². The minimum Gasteiger partial charge on any atom is -0.325 e. The zero-order valence-corrected chi connectivity index (χ0v) is 13.8. The van der Waals surface area contributed by atoms with Crippen LogP contribution in [0.1, 0.15) is 12.0 Å². The van der Waals surface area contributed by atoms with E-state index in [1.54, 1.807) is 30.3 Å². The molecule has 0 radical (unpaired) electrons. The molecule has 0 aromatic heterocycles. The van der Waals surface area contributed by atoms with Crippen LogP contribution in [0, 0.1) is 0 Å². The zero-order valence-electron chi connectivity index (χ0n) is 10.8. The SMILES string of the molecule is O=C(CCc1ccc(Cl)cc1Cl)Nc1cccc(Cl)c1Cl. The molecule has 1 amide bonds. The maximum Gasteiger partial charge on any atom is 0.224 e. The monoisotopic (exact) mass is 361 g/mol. The van der Waals surface area contributed by atoms with Gasteiger partial charge in [-0.15, -0.1) is 0 Å². The van der Waals surface area contributed by atoms with Crippen molar-refractivity contribution in [3.63, 3.8) is 0 Å². The fourth-order valence-electron chi connectivity index (χ4n) is 1.79. The van der Waals surface area contributed by atoms with Gasteiger partial charge in [-0.25, -0.2) is 0 Å². The molecule has 0 saturated heterocycles. The topological polar surface area (TPSA) is 29.1 Å². The van der Waals surface area contributed by atoms with Crippen LogP contribution in [0.15, 0.2) is 36.4 Å². The van der Waals surface area contributed by atoms with E-state index in [1.807, 2.05) is 6.07 Å². The smallest absolute Gasteiger partial charge is 0.224 e. The minimum atomic E-state index is -0.162. The van der Waals surface area contributed by atoms with Crippen LogP contribution in [-0.4, -0.2) is 5.91 Å². The van der Waals surface area contributed by atoms with Gasteiger partial charge in [0.05, 0.1) is 15.7 Å². The summed E-state index contributed by atoms with van der Waals surface area (Å²) < 4.78 is 0. The average Bonchev–Trinajstić information content (AvgIpc) is 2.43. The number of aryl methyl sites for hydroxylation is 1. The number of halogens is 4. The maximum atomic E-state index is 11.9. The summed E-state index contributed by atoms with van der Waals surface area (Å²) in [6, 6.07) is 10.3. The second-order valence-corrected chi connectivity index (χ2v) is 6.01. The molecule has 1 N–H and O–H groups in total. The maximum absolute atomic E-state index is 11.9. The van der Waals surface area contributed by atoms with Gasteiger partial charge in [0.2, 0.25) is 5.91 Å². The molecule has 2 aromatic rings. The quantitative estimate of drug-likeness (QED) is 0.723. The Morgan fingerprint density at radius 1 is 1.00 bits per heavy atom. The van der Waals surface area contributed by atoms with E-state index in [-0.39, 0.29) is 12.3 Å². The Kier molecular flexibility index (Phi) is 5.77. The Morgan fingerprint density at radius 2 is 1.76 bits per heavy atom. The molecule has 0 aliphatic carbocycles. The van der Waals surface area contributed by atoms with Crippen LogP contribution in [0.25, 0.3) is 0 Å². The summed E-state index contributed by atoms with van der Waals surface area (Å²) in [6.07, 6.45) is 0.796. The first-order chi connectivity index (χ1) is 9.97. The third-order valence-corrected chi connectivity index (χ3v) is 4.27. The third-order valence-electron chi connectivity index (χ3n) is 2.86. The molecular formula is C15H11Cl4NO. The molecule has 0 fully saturated rings. The van der Waals surface area contributed by atoms with Gasteiger partial charge in [-0.05, 0) is 36.2 Å². The number of benzene rings is 2. The van der Waals surface area contributed by atoms with E-state index >= 15 is 0 Å². The van der Waals surface area contributed by atoms with E-state index in [0.29, 0.717) is 32.2 Å². The molecular weight excluding hydrogens is 352 g/mol. The molecule has 2 rings (SSSR count). The van der Waals surface area contributed by atoms with Crippen molar-refractivity contribution in [3.05, 3.63) is 62.1 Å². The van der Waals surface area contributed by atoms with Crippen molar-refractivity contribution in [1.82, 2.24) is 0 Å². The van der Waals surface area contributed by atoms with Crippen molar-refractivity contribution in [2.75, 3.05) is 5.32 Å². The van der Waals surface area contributed by atoms with Gasteiger partial charge in [0.15, 0.2) is 0 Å². The second-order valence-electron chi connectivity index (χ2n) is 4.39. The number of anilines is 1. The lowest BCUT2D eigenvalue weighted by atomic mass is 10.1. The molecule has 0 saturated carbocycles. The van der Waals surface area contributed by atoms with Gasteiger partial charge in [0.25, 0.3) is 0 Å². The number of carbonyl (C=O) groups is 1. The van der Waals surface area contributed by atoms with Crippen molar-refractivity contribution in [2.45, 2.75) is 12.8 Å². The van der Waals surface area contributed by atoms with Crippen LogP contribution in [-0.2, 0) is 11.2 Å². The number of rotatable bonds is 4. The van der Waals surface area contributed by atoms with Crippen LogP contribution in [0.5, 0.6) is 0 Å². The molecule has 0 spiro atoms. The van der Waals surface area contributed by atoms with Crippen molar-refractivity contribution < 1.29 is 4.79 Å². The van der Waals surface area contributed by atoms with Gasteiger partial charge in [-0.1, -0.05) is 58.5 Å². The van der Waals surface area contributed by atoms with E-state index in [0.717, 1.165) is 5.56 Å². The Bertz CT molecular complexity index is 673. The fraction of sp³-hybridized carbons (Fsp3) is 0.133. The first kappa shape index (κ1) is 16.4. The van der Waals surface area contributed by atoms with Gasteiger partial charge in [-0.3, -0.25) is 4.79 Å². The molecule has 110 valence electrons. The average molecular weight is 363 g/mol. The van der Waals surface area contributed by atoms with Gasteiger partial charge in [0, 0.05) is 16.5 Å². The highest BCUT2D eigenvalue weighted by atomic mass is 35.5. The molecule has 0 unspecified atom stereocenters. The standard InChI is InChI=1S/C15H11Cl4NO/c16-10-6-4-9(12(18)8-10)5-7-14(21)20-13-3-1-2-11(17)15(13)19/h1-4,6,8H,5,7H2,(H,20,21). The summed E-state index contributed by atoms with van der Waals surface area (Å²) in [5.74, 6) is -0.162. The number of nitrogens with one attached hydrogen (secondary N) is 1. The first-order valence-corrected chi connectivity index (χ1v) is 7.66. The van der Waals surface area contributed by atoms with Crippen molar-refractivity contribution in [1.29, 1.82) is 0 Å². The first-order valence-electron chi connectivity index (χ1n) is 6.15. The molecule has 21 heavy (non-hydrogen) atoms. The Morgan fingerprint density at radius 3 is 2.48 bits per heavy atom. The van der Waals surface area contributed by atoms with E-state index in [1.165, 1.54) is 0 Å². The molecule has 0 bridgehead atoms. The molecule has 0 heterocycles. The Balaban J connectivity index is 1.97. The van der Waals surface area contributed by atoms with E-state index < -0.39 is 0 Å².